The molecule has 6 heteroatoms. The van der Waals surface area contributed by atoms with Crippen LogP contribution in [0.4, 0.5) is 0 Å². The van der Waals surface area contributed by atoms with Gasteiger partial charge in [0.15, 0.2) is 15.6 Å². The summed E-state index contributed by atoms with van der Waals surface area (Å²) in [5.41, 5.74) is 6.22. The Morgan fingerprint density at radius 1 is 0.941 bits per heavy atom. The minimum Gasteiger partial charge on any atom is -0.299 e. The lowest BCUT2D eigenvalue weighted by Gasteiger charge is -2.16. The maximum atomic E-state index is 12.2. The van der Waals surface area contributed by atoms with Crippen molar-refractivity contribution in [2.24, 2.45) is 0 Å². The van der Waals surface area contributed by atoms with Crippen molar-refractivity contribution in [3.8, 4) is 28.2 Å². The largest absolute Gasteiger partial charge is 0.299 e. The average Bonchev–Trinajstić information content (AvgIpc) is 3.24. The molecule has 0 aliphatic carbocycles. The molecule has 0 N–H and O–H groups in total. The van der Waals surface area contributed by atoms with E-state index in [4.69, 9.17) is 4.98 Å². The Kier molecular flexibility index (Phi) is 6.28. The van der Waals surface area contributed by atoms with E-state index in [-0.39, 0.29) is 5.78 Å². The fraction of sp³-hybridized carbons (Fsp3) is 0.214. The molecule has 0 atom stereocenters. The van der Waals surface area contributed by atoms with Gasteiger partial charge in [-0.1, -0.05) is 56.3 Å². The Labute approximate surface area is 201 Å². The summed E-state index contributed by atoms with van der Waals surface area (Å²) in [6.45, 7) is 7.81. The number of aromatic nitrogens is 2. The molecule has 0 saturated heterocycles. The molecule has 34 heavy (non-hydrogen) atoms. The Balaban J connectivity index is 1.86. The molecule has 0 aliphatic heterocycles. The zero-order chi connectivity index (χ0) is 24.6. The summed E-state index contributed by atoms with van der Waals surface area (Å²) in [7, 11) is -3.29. The number of Topliss-reactive ketones (excluding diaryl/α,β-unsaturated/α-hetero) is 1. The lowest BCUT2D eigenvalue weighted by Crippen LogP contribution is -2.02. The molecular formula is C28H28N2O3S. The third-order valence-corrected chi connectivity index (χ3v) is 7.05. The first-order valence-electron chi connectivity index (χ1n) is 11.2. The van der Waals surface area contributed by atoms with Crippen molar-refractivity contribution in [2.75, 3.05) is 6.26 Å². The van der Waals surface area contributed by atoms with Crippen LogP contribution in [-0.2, 0) is 9.84 Å². The minimum atomic E-state index is -3.29. The number of hydrogen-bond donors (Lipinski definition) is 0. The Morgan fingerprint density at radius 2 is 1.65 bits per heavy atom. The maximum absolute atomic E-state index is 12.2. The maximum Gasteiger partial charge on any atom is 0.179 e. The molecular weight excluding hydrogens is 444 g/mol. The molecule has 1 aromatic heterocycles. The zero-order valence-electron chi connectivity index (χ0n) is 20.0. The number of hydrogen-bond acceptors (Lipinski definition) is 4. The molecule has 174 valence electrons. The van der Waals surface area contributed by atoms with Gasteiger partial charge in [-0.25, -0.2) is 13.4 Å². The van der Waals surface area contributed by atoms with Crippen molar-refractivity contribution in [1.82, 2.24) is 9.55 Å². The molecule has 4 rings (SSSR count). The van der Waals surface area contributed by atoms with Crippen molar-refractivity contribution >= 4 is 15.6 Å². The summed E-state index contributed by atoms with van der Waals surface area (Å²) in [6, 6.07) is 21.1. The number of nitrogens with zero attached hydrogens (tertiary/aromatic N) is 2. The van der Waals surface area contributed by atoms with Gasteiger partial charge < -0.3 is 0 Å². The van der Waals surface area contributed by atoms with Gasteiger partial charge in [0.2, 0.25) is 0 Å². The second-order valence-corrected chi connectivity index (χ2v) is 10.9. The van der Waals surface area contributed by atoms with Gasteiger partial charge >= 0.3 is 0 Å². The van der Waals surface area contributed by atoms with Crippen LogP contribution in [0, 0.1) is 6.92 Å². The number of carbonyl (C=O) groups is 1. The lowest BCUT2D eigenvalue weighted by atomic mass is 9.96. The molecule has 0 amide bonds. The van der Waals surface area contributed by atoms with Crippen LogP contribution in [0.3, 0.4) is 0 Å². The molecule has 5 nitrogen and oxygen atoms in total. The Morgan fingerprint density at radius 3 is 2.29 bits per heavy atom. The number of sulfone groups is 1. The SMILES string of the molecule is CC(=O)c1cn(-c2ccc(-c3cccc(S(C)(=O)=O)c3)cc2C)c(-c2ccccc2C(C)C)n1. The summed E-state index contributed by atoms with van der Waals surface area (Å²) < 4.78 is 26.0. The molecule has 4 aromatic rings. The summed E-state index contributed by atoms with van der Waals surface area (Å²) in [4.78, 5) is 17.2. The predicted octanol–water partition coefficient (Wildman–Crippen LogP) is 6.24. The number of benzene rings is 3. The molecule has 0 radical (unpaired) electrons. The topological polar surface area (TPSA) is 69.0 Å². The van der Waals surface area contributed by atoms with E-state index in [1.807, 2.05) is 54.0 Å². The molecule has 1 heterocycles. The van der Waals surface area contributed by atoms with E-state index in [1.165, 1.54) is 13.2 Å². The smallest absolute Gasteiger partial charge is 0.179 e. The van der Waals surface area contributed by atoms with Crippen LogP contribution < -0.4 is 0 Å². The van der Waals surface area contributed by atoms with Gasteiger partial charge in [-0.2, -0.15) is 0 Å². The van der Waals surface area contributed by atoms with Crippen LogP contribution in [0.1, 0.15) is 48.3 Å². The van der Waals surface area contributed by atoms with Crippen molar-refractivity contribution in [1.29, 1.82) is 0 Å². The van der Waals surface area contributed by atoms with E-state index < -0.39 is 9.84 Å². The molecule has 0 aliphatic rings. The van der Waals surface area contributed by atoms with Gasteiger partial charge in [-0.05, 0) is 59.4 Å². The summed E-state index contributed by atoms with van der Waals surface area (Å²) >= 11 is 0. The second-order valence-electron chi connectivity index (χ2n) is 8.92. The van der Waals surface area contributed by atoms with E-state index >= 15 is 0 Å². The Bertz CT molecular complexity index is 1500. The van der Waals surface area contributed by atoms with Crippen molar-refractivity contribution in [2.45, 2.75) is 38.5 Å². The van der Waals surface area contributed by atoms with Crippen LogP contribution >= 0.6 is 0 Å². The van der Waals surface area contributed by atoms with Gasteiger partial charge in [-0.15, -0.1) is 0 Å². The first-order valence-corrected chi connectivity index (χ1v) is 13.1. The number of ketones is 1. The normalized spacial score (nSPS) is 11.7. The third kappa shape index (κ3) is 4.59. The van der Waals surface area contributed by atoms with Gasteiger partial charge in [0.1, 0.15) is 11.5 Å². The van der Waals surface area contributed by atoms with Gasteiger partial charge in [-0.3, -0.25) is 9.36 Å². The fourth-order valence-electron chi connectivity index (χ4n) is 4.14. The molecule has 0 saturated carbocycles. The average molecular weight is 473 g/mol. The fourth-order valence-corrected chi connectivity index (χ4v) is 4.81. The van der Waals surface area contributed by atoms with Crippen molar-refractivity contribution in [3.05, 3.63) is 89.7 Å². The third-order valence-electron chi connectivity index (χ3n) is 5.94. The van der Waals surface area contributed by atoms with Gasteiger partial charge in [0.05, 0.1) is 10.6 Å². The molecule has 0 unspecified atom stereocenters. The van der Waals surface area contributed by atoms with E-state index in [2.05, 4.69) is 19.9 Å². The van der Waals surface area contributed by atoms with Gasteiger partial charge in [0.25, 0.3) is 0 Å². The predicted molar refractivity (Wildman–Crippen MR) is 136 cm³/mol. The first-order chi connectivity index (χ1) is 16.1. The number of rotatable bonds is 6. The van der Waals surface area contributed by atoms with Crippen molar-refractivity contribution in [3.63, 3.8) is 0 Å². The minimum absolute atomic E-state index is 0.0890. The Hall–Kier alpha value is -3.51. The zero-order valence-corrected chi connectivity index (χ0v) is 20.8. The van der Waals surface area contributed by atoms with E-state index in [0.717, 1.165) is 39.3 Å². The van der Waals surface area contributed by atoms with Crippen LogP contribution in [0.15, 0.2) is 77.8 Å². The first kappa shape index (κ1) is 23.6. The van der Waals surface area contributed by atoms with E-state index in [0.29, 0.717) is 16.5 Å². The van der Waals surface area contributed by atoms with E-state index in [9.17, 15) is 13.2 Å². The lowest BCUT2D eigenvalue weighted by molar-refractivity contribution is 0.101. The number of imidazole rings is 1. The van der Waals surface area contributed by atoms with Crippen molar-refractivity contribution < 1.29 is 13.2 Å². The molecule has 0 spiro atoms. The molecule has 0 fully saturated rings. The summed E-state index contributed by atoms with van der Waals surface area (Å²) in [6.07, 6.45) is 3.00. The highest BCUT2D eigenvalue weighted by molar-refractivity contribution is 7.90. The highest BCUT2D eigenvalue weighted by Crippen LogP contribution is 2.33. The highest BCUT2D eigenvalue weighted by atomic mass is 32.2. The summed E-state index contributed by atoms with van der Waals surface area (Å²) in [5.74, 6) is 0.936. The standard InChI is InChI=1S/C28H28N2O3S/c1-18(2)24-11-6-7-12-25(24)28-29-26(20(4)31)17-30(28)27-14-13-22(15-19(27)3)21-9-8-10-23(16-21)34(5,32)33/h6-18H,1-5H3. The highest BCUT2D eigenvalue weighted by Gasteiger charge is 2.19. The number of carbonyl (C=O) groups excluding carboxylic acids is 1. The summed E-state index contributed by atoms with van der Waals surface area (Å²) in [5, 5.41) is 0. The quantitative estimate of drug-likeness (QED) is 0.311. The van der Waals surface area contributed by atoms with Crippen LogP contribution in [-0.4, -0.2) is 30.0 Å². The van der Waals surface area contributed by atoms with Crippen LogP contribution in [0.2, 0.25) is 0 Å². The van der Waals surface area contributed by atoms with E-state index in [1.54, 1.807) is 24.4 Å². The van der Waals surface area contributed by atoms with Crippen LogP contribution in [0.5, 0.6) is 0 Å². The number of aryl methyl sites for hydroxylation is 1. The monoisotopic (exact) mass is 472 g/mol. The second kappa shape index (κ2) is 9.03. The molecule has 0 bridgehead atoms. The van der Waals surface area contributed by atoms with Crippen LogP contribution in [0.25, 0.3) is 28.2 Å². The van der Waals surface area contributed by atoms with Gasteiger partial charge in [0, 0.05) is 24.9 Å². The molecule has 3 aromatic carbocycles.